The Morgan fingerprint density at radius 1 is 1.27 bits per heavy atom. The molecule has 0 spiro atoms. The van der Waals surface area contributed by atoms with Crippen molar-refractivity contribution < 1.29 is 23.8 Å². The summed E-state index contributed by atoms with van der Waals surface area (Å²) in [7, 11) is 1.47. The highest BCUT2D eigenvalue weighted by molar-refractivity contribution is 6.32. The van der Waals surface area contributed by atoms with E-state index in [4.69, 9.17) is 21.3 Å². The van der Waals surface area contributed by atoms with Gasteiger partial charge in [0.15, 0.2) is 0 Å². The summed E-state index contributed by atoms with van der Waals surface area (Å²) < 4.78 is 18.8. The zero-order valence-corrected chi connectivity index (χ0v) is 24.7. The van der Waals surface area contributed by atoms with E-state index in [9.17, 15) is 19.1 Å². The highest BCUT2D eigenvalue weighted by Crippen LogP contribution is 2.51. The minimum Gasteiger partial charge on any atom is -0.480 e. The Balaban J connectivity index is 1.33. The molecule has 0 aromatic carbocycles. The van der Waals surface area contributed by atoms with Crippen molar-refractivity contribution in [2.24, 2.45) is 0 Å². The fourth-order valence-electron chi connectivity index (χ4n) is 5.61. The summed E-state index contributed by atoms with van der Waals surface area (Å²) in [5.41, 5.74) is 2.78. The largest absolute Gasteiger partial charge is 0.480 e. The lowest BCUT2D eigenvalue weighted by molar-refractivity contribution is -0.142. The van der Waals surface area contributed by atoms with Crippen molar-refractivity contribution in [3.05, 3.63) is 51.9 Å². The van der Waals surface area contributed by atoms with Crippen molar-refractivity contribution >= 4 is 29.3 Å². The van der Waals surface area contributed by atoms with Gasteiger partial charge in [0.25, 0.3) is 0 Å². The van der Waals surface area contributed by atoms with Crippen LogP contribution >= 0.6 is 11.6 Å². The number of carbonyl (C=O) groups excluding carboxylic acids is 1. The molecule has 4 rings (SSSR count). The SMILES string of the molecule is COC(CF)CN(CCCCc1ccc2c(n1)NCCC2)CCC(NC(=O)C1(c2c(Cl)ccnc2C)CC1)C(=O)O. The Hall–Kier alpha value is -2.82. The molecule has 1 amide bonds. The summed E-state index contributed by atoms with van der Waals surface area (Å²) >= 11 is 6.41. The normalized spacial score (nSPS) is 16.9. The molecule has 1 saturated carbocycles. The van der Waals surface area contributed by atoms with Gasteiger partial charge in [-0.15, -0.1) is 0 Å². The van der Waals surface area contributed by atoms with E-state index < -0.39 is 30.2 Å². The quantitative estimate of drug-likeness (QED) is 0.251. The zero-order valence-electron chi connectivity index (χ0n) is 23.9. The molecule has 0 saturated heterocycles. The van der Waals surface area contributed by atoms with Gasteiger partial charge in [0.2, 0.25) is 5.91 Å². The van der Waals surface area contributed by atoms with Crippen molar-refractivity contribution in [2.45, 2.75) is 75.9 Å². The summed E-state index contributed by atoms with van der Waals surface area (Å²) in [6.45, 7) is 3.48. The standard InChI is InChI=1S/C30H41ClFN5O4/c1-20-26(24(31)10-15-33-20)30(12-13-30)29(40)36-25(28(38)39)11-17-37(19-23(18-32)41-2)16-4-3-7-22-9-8-21-6-5-14-34-27(21)35-22/h8-10,15,23,25H,3-7,11-14,16-19H2,1-2H3,(H,34,35)(H,36,40)(H,38,39). The van der Waals surface area contributed by atoms with Gasteiger partial charge in [0.1, 0.15) is 18.5 Å². The van der Waals surface area contributed by atoms with Crippen LogP contribution in [0.1, 0.15) is 61.0 Å². The predicted molar refractivity (Wildman–Crippen MR) is 156 cm³/mol. The third kappa shape index (κ3) is 7.93. The number of alkyl halides is 1. The van der Waals surface area contributed by atoms with Crippen LogP contribution in [0.4, 0.5) is 10.2 Å². The molecule has 1 fully saturated rings. The van der Waals surface area contributed by atoms with E-state index in [1.165, 1.54) is 12.7 Å². The minimum absolute atomic E-state index is 0.178. The number of nitrogens with zero attached hydrogens (tertiary/aromatic N) is 3. The number of rotatable bonds is 16. The molecule has 2 atom stereocenters. The second-order valence-electron chi connectivity index (χ2n) is 11.1. The number of aliphatic carboxylic acids is 1. The summed E-state index contributed by atoms with van der Waals surface area (Å²) in [5.74, 6) is -0.471. The number of unbranched alkanes of at least 4 members (excludes halogenated alkanes) is 1. The van der Waals surface area contributed by atoms with Gasteiger partial charge in [0, 0.05) is 54.9 Å². The van der Waals surface area contributed by atoms with E-state index >= 15 is 0 Å². The van der Waals surface area contributed by atoms with Crippen LogP contribution < -0.4 is 10.6 Å². The zero-order chi connectivity index (χ0) is 29.4. The second-order valence-corrected chi connectivity index (χ2v) is 11.5. The van der Waals surface area contributed by atoms with Gasteiger partial charge in [0.05, 0.1) is 11.5 Å². The van der Waals surface area contributed by atoms with Crippen LogP contribution in [0.15, 0.2) is 24.4 Å². The average molecular weight is 590 g/mol. The minimum atomic E-state index is -1.11. The van der Waals surface area contributed by atoms with Gasteiger partial charge in [-0.3, -0.25) is 9.78 Å². The molecule has 224 valence electrons. The van der Waals surface area contributed by atoms with E-state index in [0.717, 1.165) is 50.2 Å². The predicted octanol–water partition coefficient (Wildman–Crippen LogP) is 4.10. The monoisotopic (exact) mass is 589 g/mol. The number of carboxylic acid groups (broad SMARTS) is 1. The first-order valence-electron chi connectivity index (χ1n) is 14.5. The lowest BCUT2D eigenvalue weighted by Crippen LogP contribution is -2.48. The number of hydrogen-bond acceptors (Lipinski definition) is 7. The molecule has 9 nitrogen and oxygen atoms in total. The molecular formula is C30H41ClFN5O4. The van der Waals surface area contributed by atoms with E-state index in [1.807, 2.05) is 4.90 Å². The van der Waals surface area contributed by atoms with Gasteiger partial charge in [-0.2, -0.15) is 0 Å². The topological polar surface area (TPSA) is 117 Å². The van der Waals surface area contributed by atoms with Crippen molar-refractivity contribution in [3.8, 4) is 0 Å². The molecule has 1 aliphatic heterocycles. The molecule has 0 radical (unpaired) electrons. The lowest BCUT2D eigenvalue weighted by Gasteiger charge is -2.28. The number of hydrogen-bond donors (Lipinski definition) is 3. The molecule has 2 aromatic rings. The number of carbonyl (C=O) groups is 2. The number of anilines is 1. The first kappa shape index (κ1) is 31.1. The highest BCUT2D eigenvalue weighted by Gasteiger charge is 2.54. The second kappa shape index (κ2) is 14.4. The first-order valence-corrected chi connectivity index (χ1v) is 14.8. The van der Waals surface area contributed by atoms with Crippen LogP contribution in [0, 0.1) is 6.92 Å². The lowest BCUT2D eigenvalue weighted by atomic mass is 9.93. The number of aromatic nitrogens is 2. The van der Waals surface area contributed by atoms with Crippen molar-refractivity contribution in [2.75, 3.05) is 45.3 Å². The maximum absolute atomic E-state index is 13.5. The van der Waals surface area contributed by atoms with Gasteiger partial charge < -0.3 is 25.4 Å². The molecule has 0 bridgehead atoms. The highest BCUT2D eigenvalue weighted by atomic mass is 35.5. The number of fused-ring (bicyclic) bond motifs is 1. The number of amides is 1. The molecular weight excluding hydrogens is 549 g/mol. The maximum Gasteiger partial charge on any atom is 0.326 e. The number of methoxy groups -OCH3 is 1. The Kier molecular flexibility index (Phi) is 10.9. The number of pyridine rings is 2. The summed E-state index contributed by atoms with van der Waals surface area (Å²) in [6.07, 6.45) is 7.07. The van der Waals surface area contributed by atoms with Gasteiger partial charge in [-0.25, -0.2) is 14.2 Å². The van der Waals surface area contributed by atoms with Crippen molar-refractivity contribution in [3.63, 3.8) is 0 Å². The van der Waals surface area contributed by atoms with Crippen LogP contribution in [-0.4, -0.2) is 84.0 Å². The van der Waals surface area contributed by atoms with Crippen LogP contribution in [0.2, 0.25) is 5.02 Å². The Morgan fingerprint density at radius 3 is 2.76 bits per heavy atom. The van der Waals surface area contributed by atoms with Gasteiger partial charge in [-0.1, -0.05) is 17.7 Å². The van der Waals surface area contributed by atoms with Crippen LogP contribution in [0.25, 0.3) is 0 Å². The van der Waals surface area contributed by atoms with Gasteiger partial charge >= 0.3 is 5.97 Å². The first-order chi connectivity index (χ1) is 19.8. The van der Waals surface area contributed by atoms with Crippen LogP contribution in [0.3, 0.4) is 0 Å². The average Bonchev–Trinajstić information content (AvgIpc) is 3.77. The number of ether oxygens (including phenoxy) is 1. The van der Waals surface area contributed by atoms with E-state index in [0.29, 0.717) is 48.8 Å². The Morgan fingerprint density at radius 2 is 2.07 bits per heavy atom. The van der Waals surface area contributed by atoms with E-state index in [-0.39, 0.29) is 12.3 Å². The summed E-state index contributed by atoms with van der Waals surface area (Å²) in [4.78, 5) is 36.6. The summed E-state index contributed by atoms with van der Waals surface area (Å²) in [6, 6.07) is 4.80. The molecule has 41 heavy (non-hydrogen) atoms. The Labute approximate surface area is 246 Å². The fourth-order valence-corrected chi connectivity index (χ4v) is 5.98. The molecule has 3 heterocycles. The van der Waals surface area contributed by atoms with Gasteiger partial charge in [-0.05, 0) is 82.5 Å². The van der Waals surface area contributed by atoms with E-state index in [1.54, 1.807) is 19.2 Å². The molecule has 3 N–H and O–H groups in total. The molecule has 2 unspecified atom stereocenters. The third-order valence-electron chi connectivity index (χ3n) is 8.17. The number of aryl methyl sites for hydroxylation is 3. The molecule has 11 heteroatoms. The molecule has 1 aliphatic carbocycles. The van der Waals surface area contributed by atoms with Crippen molar-refractivity contribution in [1.82, 2.24) is 20.2 Å². The summed E-state index contributed by atoms with van der Waals surface area (Å²) in [5, 5.41) is 16.5. The maximum atomic E-state index is 13.5. The number of nitrogens with one attached hydrogen (secondary N) is 2. The van der Waals surface area contributed by atoms with E-state index in [2.05, 4.69) is 27.8 Å². The van der Waals surface area contributed by atoms with Crippen molar-refractivity contribution in [1.29, 1.82) is 0 Å². The molecule has 2 aliphatic rings. The smallest absolute Gasteiger partial charge is 0.326 e. The number of halogens is 2. The van der Waals surface area contributed by atoms with Crippen LogP contribution in [-0.2, 0) is 32.6 Å². The molecule has 2 aromatic heterocycles. The number of carboxylic acids is 1. The van der Waals surface area contributed by atoms with Crippen LogP contribution in [0.5, 0.6) is 0 Å². The third-order valence-corrected chi connectivity index (χ3v) is 8.48. The Bertz CT molecular complexity index is 1190. The fraction of sp³-hybridized carbons (Fsp3) is 0.600.